The molecule has 156 valence electrons. The van der Waals surface area contributed by atoms with E-state index in [1.165, 1.54) is 64.2 Å². The van der Waals surface area contributed by atoms with E-state index in [4.69, 9.17) is 0 Å². The zero-order valence-corrected chi connectivity index (χ0v) is 18.6. The molecule has 1 N–H and O–H groups in total. The number of carbonyl (C=O) groups excluding carboxylic acids is 1. The van der Waals surface area contributed by atoms with Crippen LogP contribution in [0.25, 0.3) is 0 Å². The molecule has 0 saturated heterocycles. The average molecular weight is 390 g/mol. The Bertz CT molecular complexity index is 458. The third kappa shape index (κ3) is 13.6. The molecule has 0 rings (SSSR count). The molecule has 4 nitrogen and oxygen atoms in total. The Morgan fingerprint density at radius 1 is 0.731 bits per heavy atom. The van der Waals surface area contributed by atoms with Gasteiger partial charge in [0, 0.05) is 5.41 Å². The van der Waals surface area contributed by atoms with Crippen LogP contribution in [0.3, 0.4) is 0 Å². The molecule has 0 spiro atoms. The Balaban J connectivity index is 3.58. The Morgan fingerprint density at radius 3 is 1.50 bits per heavy atom. The van der Waals surface area contributed by atoms with Gasteiger partial charge in [0.1, 0.15) is 0 Å². The second-order valence-electron chi connectivity index (χ2n) is 8.23. The maximum Gasteiger partial charge on any atom is 0.239 e. The fraction of sp³-hybridized carbons (Fsp3) is 0.952. The van der Waals surface area contributed by atoms with Crippen molar-refractivity contribution in [2.75, 3.05) is 5.75 Å². The van der Waals surface area contributed by atoms with E-state index >= 15 is 0 Å². The van der Waals surface area contributed by atoms with Crippen molar-refractivity contribution >= 4 is 15.9 Å². The van der Waals surface area contributed by atoms with Crippen molar-refractivity contribution in [3.8, 4) is 0 Å². The lowest BCUT2D eigenvalue weighted by Crippen LogP contribution is -2.41. The van der Waals surface area contributed by atoms with E-state index < -0.39 is 21.3 Å². The minimum absolute atomic E-state index is 0.0519. The lowest BCUT2D eigenvalue weighted by molar-refractivity contribution is -0.127. The Hall–Kier alpha value is -0.580. The second kappa shape index (κ2) is 14.5. The summed E-state index contributed by atoms with van der Waals surface area (Å²) < 4.78 is 26.2. The molecule has 1 amide bonds. The van der Waals surface area contributed by atoms with Crippen molar-refractivity contribution in [2.24, 2.45) is 5.41 Å². The Labute approximate surface area is 163 Å². The SMILES string of the molecule is CCCCCCCCCCCCCCCS(=O)(=O)NC(=O)C(C)(C)CC. The van der Waals surface area contributed by atoms with Crippen LogP contribution in [0.5, 0.6) is 0 Å². The van der Waals surface area contributed by atoms with Gasteiger partial charge in [-0.1, -0.05) is 105 Å². The fourth-order valence-electron chi connectivity index (χ4n) is 2.80. The molecule has 0 fully saturated rings. The van der Waals surface area contributed by atoms with Crippen molar-refractivity contribution in [1.29, 1.82) is 0 Å². The molecule has 5 heteroatoms. The molecule has 0 bridgehead atoms. The highest BCUT2D eigenvalue weighted by atomic mass is 32.2. The summed E-state index contributed by atoms with van der Waals surface area (Å²) in [4.78, 5) is 12.0. The molecular formula is C21H43NO3S. The summed E-state index contributed by atoms with van der Waals surface area (Å²) in [6.07, 6.45) is 16.5. The van der Waals surface area contributed by atoms with Crippen LogP contribution in [0.2, 0.25) is 0 Å². The van der Waals surface area contributed by atoms with Gasteiger partial charge < -0.3 is 0 Å². The first kappa shape index (κ1) is 25.4. The smallest absolute Gasteiger partial charge is 0.239 e. The van der Waals surface area contributed by atoms with Gasteiger partial charge in [-0.05, 0) is 12.8 Å². The van der Waals surface area contributed by atoms with Gasteiger partial charge >= 0.3 is 0 Å². The third-order valence-electron chi connectivity index (χ3n) is 5.26. The van der Waals surface area contributed by atoms with Crippen LogP contribution in [-0.4, -0.2) is 20.1 Å². The highest BCUT2D eigenvalue weighted by Gasteiger charge is 2.28. The molecule has 0 unspecified atom stereocenters. The summed E-state index contributed by atoms with van der Waals surface area (Å²) in [7, 11) is -3.49. The number of hydrogen-bond acceptors (Lipinski definition) is 3. The minimum atomic E-state index is -3.49. The quantitative estimate of drug-likeness (QED) is 0.312. The average Bonchev–Trinajstić information content (AvgIpc) is 2.58. The summed E-state index contributed by atoms with van der Waals surface area (Å²) in [5.74, 6) is -0.342. The van der Waals surface area contributed by atoms with Gasteiger partial charge in [0.2, 0.25) is 15.9 Å². The topological polar surface area (TPSA) is 63.2 Å². The van der Waals surface area contributed by atoms with Gasteiger partial charge in [0.05, 0.1) is 5.75 Å². The zero-order valence-electron chi connectivity index (χ0n) is 17.7. The summed E-state index contributed by atoms with van der Waals surface area (Å²) in [6.45, 7) is 7.67. The van der Waals surface area contributed by atoms with Gasteiger partial charge in [0.25, 0.3) is 0 Å². The third-order valence-corrected chi connectivity index (χ3v) is 6.59. The zero-order chi connectivity index (χ0) is 19.9. The normalized spacial score (nSPS) is 12.3. The van der Waals surface area contributed by atoms with Crippen LogP contribution in [0.4, 0.5) is 0 Å². The van der Waals surface area contributed by atoms with Gasteiger partial charge in [-0.3, -0.25) is 9.52 Å². The number of sulfonamides is 1. The number of carbonyl (C=O) groups is 1. The van der Waals surface area contributed by atoms with Crippen molar-refractivity contribution < 1.29 is 13.2 Å². The predicted molar refractivity (Wildman–Crippen MR) is 112 cm³/mol. The maximum atomic E-state index is 12.0. The highest BCUT2D eigenvalue weighted by Crippen LogP contribution is 2.20. The van der Waals surface area contributed by atoms with Crippen LogP contribution in [-0.2, 0) is 14.8 Å². The van der Waals surface area contributed by atoms with Gasteiger partial charge in [0.15, 0.2) is 0 Å². The molecule has 0 atom stereocenters. The van der Waals surface area contributed by atoms with E-state index in [9.17, 15) is 13.2 Å². The van der Waals surface area contributed by atoms with Crippen molar-refractivity contribution in [2.45, 2.75) is 118 Å². The Morgan fingerprint density at radius 2 is 1.12 bits per heavy atom. The largest absolute Gasteiger partial charge is 0.273 e. The molecular weight excluding hydrogens is 346 g/mol. The van der Waals surface area contributed by atoms with E-state index in [0.29, 0.717) is 12.8 Å². The van der Waals surface area contributed by atoms with E-state index in [0.717, 1.165) is 12.8 Å². The lowest BCUT2D eigenvalue weighted by atomic mass is 9.90. The number of amides is 1. The van der Waals surface area contributed by atoms with Crippen LogP contribution >= 0.6 is 0 Å². The molecule has 0 aliphatic heterocycles. The van der Waals surface area contributed by atoms with Crippen LogP contribution < -0.4 is 4.72 Å². The van der Waals surface area contributed by atoms with Gasteiger partial charge in [-0.15, -0.1) is 0 Å². The van der Waals surface area contributed by atoms with Crippen LogP contribution in [0.1, 0.15) is 118 Å². The summed E-state index contributed by atoms with van der Waals surface area (Å²) >= 11 is 0. The molecule has 0 radical (unpaired) electrons. The lowest BCUT2D eigenvalue weighted by Gasteiger charge is -2.21. The predicted octanol–water partition coefficient (Wildman–Crippen LogP) is 5.96. The fourth-order valence-corrected chi connectivity index (χ4v) is 4.05. The van der Waals surface area contributed by atoms with Crippen molar-refractivity contribution in [3.63, 3.8) is 0 Å². The molecule has 0 aromatic rings. The van der Waals surface area contributed by atoms with Crippen LogP contribution in [0.15, 0.2) is 0 Å². The summed E-state index contributed by atoms with van der Waals surface area (Å²) in [5.41, 5.74) is -0.636. The number of rotatable bonds is 17. The first-order chi connectivity index (χ1) is 12.2. The first-order valence-corrected chi connectivity index (χ1v) is 12.5. The molecule has 26 heavy (non-hydrogen) atoms. The molecule has 0 aromatic carbocycles. The number of unbranched alkanes of at least 4 members (excludes halogenated alkanes) is 12. The molecule has 0 aliphatic rings. The summed E-state index contributed by atoms with van der Waals surface area (Å²) in [5, 5.41) is 0. The van der Waals surface area contributed by atoms with E-state index in [1.54, 1.807) is 13.8 Å². The highest BCUT2D eigenvalue weighted by molar-refractivity contribution is 7.90. The number of hydrogen-bond donors (Lipinski definition) is 1. The van der Waals surface area contributed by atoms with E-state index in [1.807, 2.05) is 6.92 Å². The van der Waals surface area contributed by atoms with Gasteiger partial charge in [-0.2, -0.15) is 0 Å². The van der Waals surface area contributed by atoms with Crippen molar-refractivity contribution in [3.05, 3.63) is 0 Å². The molecule has 0 aromatic heterocycles. The standard InChI is InChI=1S/C21H43NO3S/c1-5-7-8-9-10-11-12-13-14-15-16-17-18-19-26(24,25)22-20(23)21(3,4)6-2/h5-19H2,1-4H3,(H,22,23). The molecule has 0 heterocycles. The van der Waals surface area contributed by atoms with E-state index in [2.05, 4.69) is 11.6 Å². The molecule has 0 aliphatic carbocycles. The number of nitrogens with one attached hydrogen (secondary N) is 1. The monoisotopic (exact) mass is 389 g/mol. The summed E-state index contributed by atoms with van der Waals surface area (Å²) in [6, 6.07) is 0. The second-order valence-corrected chi connectivity index (χ2v) is 10.1. The van der Waals surface area contributed by atoms with E-state index in [-0.39, 0.29) is 5.75 Å². The maximum absolute atomic E-state index is 12.0. The van der Waals surface area contributed by atoms with Crippen LogP contribution in [0, 0.1) is 5.41 Å². The first-order valence-electron chi connectivity index (χ1n) is 10.8. The molecule has 0 saturated carbocycles. The van der Waals surface area contributed by atoms with Gasteiger partial charge in [-0.25, -0.2) is 8.42 Å². The minimum Gasteiger partial charge on any atom is -0.273 e. The van der Waals surface area contributed by atoms with Crippen molar-refractivity contribution in [1.82, 2.24) is 4.72 Å². The Kier molecular flexibility index (Phi) is 14.2.